The summed E-state index contributed by atoms with van der Waals surface area (Å²) in [5.41, 5.74) is 7.78. The van der Waals surface area contributed by atoms with Crippen LogP contribution in [-0.4, -0.2) is 64.4 Å². The minimum absolute atomic E-state index is 0.0160. The van der Waals surface area contributed by atoms with Crippen molar-refractivity contribution in [2.75, 3.05) is 6.54 Å². The fraction of sp³-hybridized carbons (Fsp3) is 0.750. The minimum Gasteiger partial charge on any atom is -0.389 e. The van der Waals surface area contributed by atoms with E-state index in [1.54, 1.807) is 0 Å². The molecule has 3 aliphatic heterocycles. The van der Waals surface area contributed by atoms with E-state index in [2.05, 4.69) is 81.4 Å². The van der Waals surface area contributed by atoms with Crippen LogP contribution in [0.1, 0.15) is 114 Å². The zero-order valence-electron chi connectivity index (χ0n) is 32.9. The lowest BCUT2D eigenvalue weighted by Gasteiger charge is -2.68. The van der Waals surface area contributed by atoms with E-state index in [1.807, 2.05) is 12.2 Å². The van der Waals surface area contributed by atoms with Gasteiger partial charge in [0.05, 0.1) is 40.5 Å². The molecule has 3 saturated carbocycles. The molecular weight excluding hydrogens is 638 g/mol. The van der Waals surface area contributed by atoms with Gasteiger partial charge in [0.1, 0.15) is 6.10 Å². The molecule has 0 aromatic heterocycles. The lowest BCUT2D eigenvalue weighted by atomic mass is 9.40. The van der Waals surface area contributed by atoms with Gasteiger partial charge < -0.3 is 29.8 Å². The van der Waals surface area contributed by atoms with Gasteiger partial charge in [0, 0.05) is 28.9 Å². The number of ether oxygens (including phenoxy) is 4. The van der Waals surface area contributed by atoms with Gasteiger partial charge in [-0.15, -0.1) is 0 Å². The highest BCUT2D eigenvalue weighted by Gasteiger charge is 2.84. The van der Waals surface area contributed by atoms with Crippen LogP contribution < -0.4 is 5.73 Å². The van der Waals surface area contributed by atoms with E-state index in [9.17, 15) is 9.90 Å². The van der Waals surface area contributed by atoms with Crippen LogP contribution >= 0.6 is 0 Å². The van der Waals surface area contributed by atoms with Gasteiger partial charge in [0.15, 0.2) is 12.1 Å². The maximum absolute atomic E-state index is 14.4. The molecular formula is C44H63NO6. The Balaban J connectivity index is 1.14. The Hall–Kier alpha value is -1.87. The van der Waals surface area contributed by atoms with Gasteiger partial charge in [-0.25, -0.2) is 0 Å². The maximum atomic E-state index is 14.4. The second-order valence-electron chi connectivity index (χ2n) is 19.9. The van der Waals surface area contributed by atoms with Crippen LogP contribution in [0.15, 0.2) is 58.7 Å². The third kappa shape index (κ3) is 4.67. The van der Waals surface area contributed by atoms with E-state index in [-0.39, 0.29) is 58.1 Å². The molecule has 0 bridgehead atoms. The molecule has 12 atom stereocenters. The fourth-order valence-corrected chi connectivity index (χ4v) is 13.4. The highest BCUT2D eigenvalue weighted by molar-refractivity contribution is 6.03. The number of nitrogens with two attached hydrogens (primary N) is 1. The zero-order chi connectivity index (χ0) is 36.9. The van der Waals surface area contributed by atoms with Crippen molar-refractivity contribution in [3.63, 3.8) is 0 Å². The second-order valence-corrected chi connectivity index (χ2v) is 19.9. The molecule has 2 unspecified atom stereocenters. The number of carbonyl (C=O) groups excluding carboxylic acids is 1. The largest absolute Gasteiger partial charge is 0.389 e. The molecule has 1 spiro atoms. The Morgan fingerprint density at radius 2 is 1.71 bits per heavy atom. The van der Waals surface area contributed by atoms with E-state index in [0.29, 0.717) is 12.5 Å². The van der Waals surface area contributed by atoms with E-state index in [0.717, 1.165) is 67.2 Å². The number of carbonyl (C=O) groups is 1. The first-order chi connectivity index (χ1) is 23.7. The Kier molecular flexibility index (Phi) is 7.86. The molecule has 0 radical (unpaired) electrons. The van der Waals surface area contributed by atoms with Crippen LogP contribution in [0, 0.1) is 39.9 Å². The third-order valence-electron chi connectivity index (χ3n) is 16.0. The van der Waals surface area contributed by atoms with E-state index < -0.39 is 28.7 Å². The fourth-order valence-electron chi connectivity index (χ4n) is 13.4. The van der Waals surface area contributed by atoms with Crippen molar-refractivity contribution < 1.29 is 28.8 Å². The molecule has 7 heteroatoms. The smallest absolute Gasteiger partial charge is 0.178 e. The molecule has 0 aromatic carbocycles. The lowest BCUT2D eigenvalue weighted by molar-refractivity contribution is -0.363. The predicted molar refractivity (Wildman–Crippen MR) is 198 cm³/mol. The third-order valence-corrected chi connectivity index (χ3v) is 16.0. The molecule has 3 N–H and O–H groups in total. The molecule has 280 valence electrons. The zero-order valence-corrected chi connectivity index (χ0v) is 32.9. The first kappa shape index (κ1) is 36.1. The minimum atomic E-state index is -0.895. The summed E-state index contributed by atoms with van der Waals surface area (Å²) in [7, 11) is 0. The van der Waals surface area contributed by atoms with Crippen molar-refractivity contribution in [3.8, 4) is 0 Å². The summed E-state index contributed by atoms with van der Waals surface area (Å²) >= 11 is 0. The summed E-state index contributed by atoms with van der Waals surface area (Å²) in [6.45, 7) is 26.7. The molecule has 8 aliphatic rings. The van der Waals surface area contributed by atoms with Crippen LogP contribution in [-0.2, 0) is 23.7 Å². The Labute approximate surface area is 306 Å². The van der Waals surface area contributed by atoms with Crippen LogP contribution in [0.3, 0.4) is 0 Å². The molecule has 3 saturated heterocycles. The average molecular weight is 702 g/mol. The van der Waals surface area contributed by atoms with Crippen LogP contribution in [0.4, 0.5) is 0 Å². The van der Waals surface area contributed by atoms with Crippen molar-refractivity contribution in [1.82, 2.24) is 0 Å². The van der Waals surface area contributed by atoms with Crippen molar-refractivity contribution in [1.29, 1.82) is 0 Å². The van der Waals surface area contributed by atoms with Crippen LogP contribution in [0.2, 0.25) is 0 Å². The van der Waals surface area contributed by atoms with Gasteiger partial charge >= 0.3 is 0 Å². The summed E-state index contributed by atoms with van der Waals surface area (Å²) in [6.07, 6.45) is 13.8. The maximum Gasteiger partial charge on any atom is 0.178 e. The number of Topliss-reactive ketones (excluding diaryl/α,β-unsaturated/α-hetero) is 1. The van der Waals surface area contributed by atoms with Crippen molar-refractivity contribution in [2.24, 2.45) is 45.7 Å². The van der Waals surface area contributed by atoms with Crippen LogP contribution in [0.25, 0.3) is 0 Å². The predicted octanol–water partition coefficient (Wildman–Crippen LogP) is 7.68. The normalized spacial score (nSPS) is 48.5. The van der Waals surface area contributed by atoms with Gasteiger partial charge in [-0.05, 0) is 140 Å². The van der Waals surface area contributed by atoms with Gasteiger partial charge in [-0.2, -0.15) is 0 Å². The van der Waals surface area contributed by atoms with E-state index >= 15 is 0 Å². The van der Waals surface area contributed by atoms with Crippen molar-refractivity contribution in [3.05, 3.63) is 58.7 Å². The summed E-state index contributed by atoms with van der Waals surface area (Å²) in [5.74, 6) is 0.608. The SMILES string of the molecule is C=C(C1=C[C@@]2(C)[C@@H](CC[C@]3(O)[C@]2(C)CCC2O[C@H]4[C@@H](O[C@H](C=C(C)C)OC4(C)C)[C@H]4C[C@@]243)C1)C1=C(/C=C\CN)C(=O)C2[C@@H](C1)C(C)(C)OC2(C)C. The molecule has 3 heterocycles. The number of hydrogen-bond donors (Lipinski definition) is 2. The first-order valence-electron chi connectivity index (χ1n) is 19.8. The Morgan fingerprint density at radius 3 is 2.39 bits per heavy atom. The second kappa shape index (κ2) is 11.1. The average Bonchev–Trinajstić information content (AvgIpc) is 3.64. The quantitative estimate of drug-likeness (QED) is 0.284. The van der Waals surface area contributed by atoms with Gasteiger partial charge in [-0.1, -0.05) is 44.2 Å². The summed E-state index contributed by atoms with van der Waals surface area (Å²) in [6, 6.07) is 0. The Morgan fingerprint density at radius 1 is 0.980 bits per heavy atom. The summed E-state index contributed by atoms with van der Waals surface area (Å²) in [4.78, 5) is 14.4. The van der Waals surface area contributed by atoms with Gasteiger partial charge in [0.25, 0.3) is 0 Å². The number of fused-ring (bicyclic) bond motifs is 6. The van der Waals surface area contributed by atoms with E-state index in [4.69, 9.17) is 31.3 Å². The molecule has 51 heavy (non-hydrogen) atoms. The Bertz CT molecular complexity index is 1680. The number of ketones is 1. The number of hydrogen-bond acceptors (Lipinski definition) is 7. The molecule has 8 rings (SSSR count). The van der Waals surface area contributed by atoms with E-state index in [1.165, 1.54) is 5.57 Å². The van der Waals surface area contributed by atoms with Gasteiger partial charge in [-0.3, -0.25) is 4.79 Å². The molecule has 5 aliphatic carbocycles. The number of allylic oxidation sites excluding steroid dienone is 7. The molecule has 7 nitrogen and oxygen atoms in total. The van der Waals surface area contributed by atoms with Crippen molar-refractivity contribution >= 4 is 5.78 Å². The highest BCUT2D eigenvalue weighted by atomic mass is 16.7. The topological polar surface area (TPSA) is 100 Å². The number of rotatable bonds is 5. The molecule has 6 fully saturated rings. The highest BCUT2D eigenvalue weighted by Crippen LogP contribution is 2.81. The van der Waals surface area contributed by atoms with Crippen LogP contribution in [0.5, 0.6) is 0 Å². The summed E-state index contributed by atoms with van der Waals surface area (Å²) < 4.78 is 26.8. The summed E-state index contributed by atoms with van der Waals surface area (Å²) in [5, 5.41) is 13.4. The lowest BCUT2D eigenvalue weighted by Crippen LogP contribution is -2.73. The van der Waals surface area contributed by atoms with Gasteiger partial charge in [0.2, 0.25) is 0 Å². The molecule has 0 aromatic rings. The number of aliphatic hydroxyl groups is 1. The monoisotopic (exact) mass is 701 g/mol. The van der Waals surface area contributed by atoms with Crippen molar-refractivity contribution in [2.45, 2.75) is 161 Å². The standard InChI is InChI=1S/C44H63NO6/c1-24(2)19-33-49-36-31-23-43(31)32(48-37(36)40(8,9)50-33)15-16-42(11)41(10)22-26(20-27(41)14-17-44(42,43)47)25(3)29-21-30-34(35(46)28(29)13-12-18-45)39(6,7)51-38(30,4)5/h12-13,19,22,27,30-34,36-37,47H,3,14-18,20-21,23,45H2,1-2,4-11H3/b13-12-/t27-,30+,31+,32?,33-,34?,36-,37-,41-,42+,43-,44-/m0/s1. The first-order valence-corrected chi connectivity index (χ1v) is 19.8. The molecule has 0 amide bonds.